The maximum Gasteiger partial charge on any atom is 0.243 e. The summed E-state index contributed by atoms with van der Waals surface area (Å²) in [4.78, 5) is 12.3. The molecule has 0 aliphatic rings. The Balaban J connectivity index is 2.18. The Morgan fingerprint density at radius 2 is 1.96 bits per heavy atom. The van der Waals surface area contributed by atoms with E-state index < -0.39 is 21.7 Å². The average molecular weight is 380 g/mol. The van der Waals surface area contributed by atoms with E-state index in [4.69, 9.17) is 4.74 Å². The predicted molar refractivity (Wildman–Crippen MR) is 97.2 cm³/mol. The lowest BCUT2D eigenvalue weighted by molar-refractivity contribution is -0.116. The van der Waals surface area contributed by atoms with Crippen LogP contribution in [0.1, 0.15) is 12.5 Å². The van der Waals surface area contributed by atoms with Crippen LogP contribution in [0.5, 0.6) is 5.75 Å². The van der Waals surface area contributed by atoms with Gasteiger partial charge in [-0.2, -0.15) is 4.31 Å². The second kappa shape index (κ2) is 8.29. The van der Waals surface area contributed by atoms with Gasteiger partial charge in [0.15, 0.2) is 0 Å². The molecule has 1 amide bonds. The van der Waals surface area contributed by atoms with Gasteiger partial charge in [-0.05, 0) is 42.8 Å². The summed E-state index contributed by atoms with van der Waals surface area (Å²) in [5.41, 5.74) is 0.789. The van der Waals surface area contributed by atoms with E-state index in [1.165, 1.54) is 20.1 Å². The number of nitrogens with one attached hydrogen (secondary N) is 1. The first-order valence-electron chi connectivity index (χ1n) is 7.98. The molecule has 2 aromatic carbocycles. The number of carbonyl (C=O) groups excluding carboxylic acids is 1. The molecule has 0 aromatic heterocycles. The number of sulfonamides is 1. The Morgan fingerprint density at radius 3 is 2.58 bits per heavy atom. The Kier molecular flexibility index (Phi) is 6.33. The van der Waals surface area contributed by atoms with Crippen molar-refractivity contribution in [1.29, 1.82) is 0 Å². The summed E-state index contributed by atoms with van der Waals surface area (Å²) in [6, 6.07) is 10.2. The van der Waals surface area contributed by atoms with Crippen LogP contribution in [-0.2, 0) is 14.8 Å². The smallest absolute Gasteiger partial charge is 0.243 e. The summed E-state index contributed by atoms with van der Waals surface area (Å²) in [5.74, 6) is -0.423. The van der Waals surface area contributed by atoms with Crippen LogP contribution in [0.25, 0.3) is 0 Å². The standard InChI is InChI=1S/C18H21FN2O4S/c1-4-21(26(23,24)17-9-8-14(19)10-13(17)2)12-18(22)20-15-6-5-7-16(11-15)25-3/h5-11H,4,12H2,1-3H3,(H,20,22). The zero-order chi connectivity index (χ0) is 19.3. The fraction of sp³-hybridized carbons (Fsp3) is 0.278. The third-order valence-corrected chi connectivity index (χ3v) is 5.86. The lowest BCUT2D eigenvalue weighted by Crippen LogP contribution is -2.38. The van der Waals surface area contributed by atoms with Crippen molar-refractivity contribution >= 4 is 21.6 Å². The van der Waals surface area contributed by atoms with Gasteiger partial charge in [0, 0.05) is 18.3 Å². The summed E-state index contributed by atoms with van der Waals surface area (Å²) in [6.45, 7) is 2.90. The number of amides is 1. The van der Waals surface area contributed by atoms with Crippen molar-refractivity contribution in [3.05, 3.63) is 53.8 Å². The van der Waals surface area contributed by atoms with Crippen LogP contribution in [0.2, 0.25) is 0 Å². The highest BCUT2D eigenvalue weighted by molar-refractivity contribution is 7.89. The number of nitrogens with zero attached hydrogens (tertiary/aromatic N) is 1. The minimum atomic E-state index is -3.92. The number of likely N-dealkylation sites (N-methyl/N-ethyl adjacent to an activating group) is 1. The van der Waals surface area contributed by atoms with Crippen LogP contribution in [0.15, 0.2) is 47.4 Å². The summed E-state index contributed by atoms with van der Waals surface area (Å²) in [7, 11) is -2.41. The van der Waals surface area contributed by atoms with Gasteiger partial charge >= 0.3 is 0 Å². The molecule has 0 saturated carbocycles. The van der Waals surface area contributed by atoms with Gasteiger partial charge in [0.25, 0.3) is 0 Å². The van der Waals surface area contributed by atoms with E-state index in [0.717, 1.165) is 16.4 Å². The molecule has 8 heteroatoms. The molecule has 0 bridgehead atoms. The number of aryl methyl sites for hydroxylation is 1. The lowest BCUT2D eigenvalue weighted by Gasteiger charge is -2.21. The van der Waals surface area contributed by atoms with Crippen molar-refractivity contribution in [2.75, 3.05) is 25.5 Å². The normalized spacial score (nSPS) is 11.4. The Bertz CT molecular complexity index is 900. The molecular weight excluding hydrogens is 359 g/mol. The van der Waals surface area contributed by atoms with Crippen molar-refractivity contribution in [2.24, 2.45) is 0 Å². The molecule has 2 rings (SSSR count). The lowest BCUT2D eigenvalue weighted by atomic mass is 10.2. The molecule has 1 N–H and O–H groups in total. The molecule has 0 heterocycles. The first-order chi connectivity index (χ1) is 12.3. The van der Waals surface area contributed by atoms with Gasteiger partial charge < -0.3 is 10.1 Å². The van der Waals surface area contributed by atoms with Crippen LogP contribution in [0, 0.1) is 12.7 Å². The number of halogens is 1. The zero-order valence-corrected chi connectivity index (χ0v) is 15.6. The Labute approximate surface area is 152 Å². The van der Waals surface area contributed by atoms with Gasteiger partial charge in [0.05, 0.1) is 18.6 Å². The molecule has 0 aliphatic carbocycles. The molecule has 0 spiro atoms. The zero-order valence-electron chi connectivity index (χ0n) is 14.8. The van der Waals surface area contributed by atoms with E-state index in [9.17, 15) is 17.6 Å². The van der Waals surface area contributed by atoms with Gasteiger partial charge in [-0.1, -0.05) is 13.0 Å². The fourth-order valence-corrected chi connectivity index (χ4v) is 4.08. The van der Waals surface area contributed by atoms with Crippen LogP contribution in [0.4, 0.5) is 10.1 Å². The van der Waals surface area contributed by atoms with Crippen LogP contribution >= 0.6 is 0 Å². The molecule has 140 valence electrons. The van der Waals surface area contributed by atoms with Crippen molar-refractivity contribution < 1.29 is 22.3 Å². The van der Waals surface area contributed by atoms with E-state index in [1.54, 1.807) is 31.2 Å². The average Bonchev–Trinajstić information content (AvgIpc) is 2.59. The van der Waals surface area contributed by atoms with E-state index in [0.29, 0.717) is 11.4 Å². The monoisotopic (exact) mass is 380 g/mol. The Hall–Kier alpha value is -2.45. The summed E-state index contributed by atoms with van der Waals surface area (Å²) >= 11 is 0. The molecule has 6 nitrogen and oxygen atoms in total. The van der Waals surface area contributed by atoms with Gasteiger partial charge in [-0.15, -0.1) is 0 Å². The predicted octanol–water partition coefficient (Wildman–Crippen LogP) is 2.79. The molecule has 0 atom stereocenters. The van der Waals surface area contributed by atoms with Gasteiger partial charge in [0.1, 0.15) is 11.6 Å². The SMILES string of the molecule is CCN(CC(=O)Nc1cccc(OC)c1)S(=O)(=O)c1ccc(F)cc1C. The maximum absolute atomic E-state index is 13.3. The first kappa shape index (κ1) is 19.9. The topological polar surface area (TPSA) is 75.7 Å². The molecule has 0 fully saturated rings. The number of carbonyl (C=O) groups is 1. The highest BCUT2D eigenvalue weighted by Gasteiger charge is 2.27. The van der Waals surface area contributed by atoms with Gasteiger partial charge in [-0.3, -0.25) is 4.79 Å². The first-order valence-corrected chi connectivity index (χ1v) is 9.42. The van der Waals surface area contributed by atoms with Gasteiger partial charge in [0.2, 0.25) is 15.9 Å². The molecule has 2 aromatic rings. The Morgan fingerprint density at radius 1 is 1.23 bits per heavy atom. The third kappa shape index (κ3) is 4.59. The van der Waals surface area contributed by atoms with Crippen molar-refractivity contribution in [1.82, 2.24) is 4.31 Å². The number of hydrogen-bond acceptors (Lipinski definition) is 4. The number of ether oxygens (including phenoxy) is 1. The van der Waals surface area contributed by atoms with Crippen LogP contribution in [0.3, 0.4) is 0 Å². The van der Waals surface area contributed by atoms with Crippen molar-refractivity contribution in [2.45, 2.75) is 18.7 Å². The van der Waals surface area contributed by atoms with E-state index in [2.05, 4.69) is 5.32 Å². The minimum absolute atomic E-state index is 0.0186. The molecular formula is C18H21FN2O4S. The molecule has 0 radical (unpaired) electrons. The minimum Gasteiger partial charge on any atom is -0.497 e. The number of anilines is 1. The molecule has 26 heavy (non-hydrogen) atoms. The van der Waals surface area contributed by atoms with E-state index in [-0.39, 0.29) is 23.5 Å². The summed E-state index contributed by atoms with van der Waals surface area (Å²) < 4.78 is 45.0. The largest absolute Gasteiger partial charge is 0.497 e. The van der Waals surface area contributed by atoms with Crippen LogP contribution < -0.4 is 10.1 Å². The quantitative estimate of drug-likeness (QED) is 0.801. The van der Waals surface area contributed by atoms with E-state index in [1.807, 2.05) is 0 Å². The molecule has 0 aliphatic heterocycles. The fourth-order valence-electron chi connectivity index (χ4n) is 2.47. The highest BCUT2D eigenvalue weighted by Crippen LogP contribution is 2.21. The van der Waals surface area contributed by atoms with E-state index >= 15 is 0 Å². The summed E-state index contributed by atoms with van der Waals surface area (Å²) in [6.07, 6.45) is 0. The van der Waals surface area contributed by atoms with Crippen molar-refractivity contribution in [3.63, 3.8) is 0 Å². The number of hydrogen-bond donors (Lipinski definition) is 1. The highest BCUT2D eigenvalue weighted by atomic mass is 32.2. The second-order valence-corrected chi connectivity index (χ2v) is 7.53. The van der Waals surface area contributed by atoms with Gasteiger partial charge in [-0.25, -0.2) is 12.8 Å². The number of benzene rings is 2. The third-order valence-electron chi connectivity index (χ3n) is 3.78. The van der Waals surface area contributed by atoms with Crippen molar-refractivity contribution in [3.8, 4) is 5.75 Å². The number of rotatable bonds is 7. The number of methoxy groups -OCH3 is 1. The molecule has 0 unspecified atom stereocenters. The van der Waals surface area contributed by atoms with Crippen LogP contribution in [-0.4, -0.2) is 38.8 Å². The summed E-state index contributed by atoms with van der Waals surface area (Å²) in [5, 5.41) is 2.64. The molecule has 0 saturated heterocycles. The second-order valence-electron chi connectivity index (χ2n) is 5.62. The maximum atomic E-state index is 13.3.